The largest absolute Gasteiger partial charge is 0.472 e. The number of nitrogens with one attached hydrogen (secondary N) is 1. The van der Waals surface area contributed by atoms with Gasteiger partial charge in [-0.15, -0.1) is 0 Å². The Morgan fingerprint density at radius 3 is 1.46 bits per heavy atom. The van der Waals surface area contributed by atoms with Crippen molar-refractivity contribution in [1.29, 1.82) is 0 Å². The van der Waals surface area contributed by atoms with Crippen molar-refractivity contribution in [1.82, 2.24) is 5.32 Å². The molecular weight excluding hydrogens is 737 g/mol. The smallest absolute Gasteiger partial charge is 0.463 e. The van der Waals surface area contributed by atoms with Crippen molar-refractivity contribution in [2.75, 3.05) is 26.4 Å². The molecule has 0 aliphatic carbocycles. The van der Waals surface area contributed by atoms with Crippen molar-refractivity contribution in [3.05, 3.63) is 48.6 Å². The number of carbonyl (C=O) groups is 2. The quantitative estimate of drug-likeness (QED) is 0.0240. The summed E-state index contributed by atoms with van der Waals surface area (Å²) >= 11 is 0. The molecule has 0 rings (SSSR count). The minimum atomic E-state index is -4.43. The molecule has 0 heterocycles. The van der Waals surface area contributed by atoms with Gasteiger partial charge in [-0.2, -0.15) is 0 Å². The van der Waals surface area contributed by atoms with E-state index in [1.807, 2.05) is 0 Å². The molecule has 0 bridgehead atoms. The fraction of sp³-hybridized carbons (Fsp3) is 0.787. The molecule has 0 spiro atoms. The molecule has 57 heavy (non-hydrogen) atoms. The maximum absolute atomic E-state index is 12.1. The second kappa shape index (κ2) is 43.5. The Morgan fingerprint density at radius 1 is 0.544 bits per heavy atom. The average molecular weight is 824 g/mol. The van der Waals surface area contributed by atoms with Gasteiger partial charge in [0.25, 0.3) is 0 Å². The summed E-state index contributed by atoms with van der Waals surface area (Å²) in [6.07, 6.45) is 50.4. The molecule has 0 aromatic heterocycles. The average Bonchev–Trinajstić information content (AvgIpc) is 3.20. The van der Waals surface area contributed by atoms with E-state index in [0.29, 0.717) is 6.42 Å². The number of esters is 1. The van der Waals surface area contributed by atoms with Crippen LogP contribution in [0.5, 0.6) is 0 Å². The first-order valence-electron chi connectivity index (χ1n) is 23.1. The number of hydrogen-bond acceptors (Lipinski definition) is 7. The lowest BCUT2D eigenvalue weighted by Crippen LogP contribution is -2.27. The van der Waals surface area contributed by atoms with Gasteiger partial charge in [0.2, 0.25) is 5.91 Å². The first-order chi connectivity index (χ1) is 27.8. The van der Waals surface area contributed by atoms with Gasteiger partial charge in [0.15, 0.2) is 0 Å². The molecule has 2 atom stereocenters. The lowest BCUT2D eigenvalue weighted by molar-refractivity contribution is -0.147. The molecule has 0 saturated heterocycles. The number of amides is 1. The van der Waals surface area contributed by atoms with Gasteiger partial charge in [-0.05, 0) is 57.8 Å². The van der Waals surface area contributed by atoms with Crippen LogP contribution in [-0.4, -0.2) is 54.3 Å². The van der Waals surface area contributed by atoms with E-state index in [4.69, 9.17) is 13.8 Å². The Morgan fingerprint density at radius 2 is 0.947 bits per heavy atom. The van der Waals surface area contributed by atoms with Gasteiger partial charge in [-0.25, -0.2) is 4.57 Å². The van der Waals surface area contributed by atoms with Crippen molar-refractivity contribution >= 4 is 19.7 Å². The monoisotopic (exact) mass is 824 g/mol. The maximum Gasteiger partial charge on any atom is 0.472 e. The Bertz CT molecular complexity index is 1080. The molecule has 0 saturated carbocycles. The van der Waals surface area contributed by atoms with Crippen LogP contribution in [0.4, 0.5) is 0 Å². The van der Waals surface area contributed by atoms with Crippen molar-refractivity contribution in [3.8, 4) is 0 Å². The fourth-order valence-corrected chi connectivity index (χ4v) is 7.00. The minimum Gasteiger partial charge on any atom is -0.463 e. The van der Waals surface area contributed by atoms with E-state index < -0.39 is 26.5 Å². The van der Waals surface area contributed by atoms with E-state index in [-0.39, 0.29) is 32.1 Å². The van der Waals surface area contributed by atoms with E-state index >= 15 is 0 Å². The number of carbonyl (C=O) groups excluding carboxylic acids is 2. The van der Waals surface area contributed by atoms with Crippen LogP contribution in [-0.2, 0) is 27.9 Å². The van der Waals surface area contributed by atoms with Crippen molar-refractivity contribution in [3.63, 3.8) is 0 Å². The molecule has 0 aromatic carbocycles. The molecule has 10 heteroatoms. The summed E-state index contributed by atoms with van der Waals surface area (Å²) in [5.41, 5.74) is 0. The number of aliphatic hydroxyl groups is 1. The van der Waals surface area contributed by atoms with Crippen LogP contribution in [0.3, 0.4) is 0 Å². The van der Waals surface area contributed by atoms with Crippen LogP contribution in [0.15, 0.2) is 48.6 Å². The third-order valence-corrected chi connectivity index (χ3v) is 10.7. The number of ether oxygens (including phenoxy) is 1. The van der Waals surface area contributed by atoms with Crippen LogP contribution in [0, 0.1) is 0 Å². The zero-order valence-corrected chi connectivity index (χ0v) is 37.4. The molecule has 0 radical (unpaired) electrons. The van der Waals surface area contributed by atoms with E-state index in [1.165, 1.54) is 116 Å². The summed E-state index contributed by atoms with van der Waals surface area (Å²) < 4.78 is 26.9. The summed E-state index contributed by atoms with van der Waals surface area (Å²) in [5.74, 6) is -0.544. The van der Waals surface area contributed by atoms with Gasteiger partial charge >= 0.3 is 13.8 Å². The number of phosphoric ester groups is 1. The second-order valence-electron chi connectivity index (χ2n) is 15.4. The number of phosphoric acid groups is 1. The topological polar surface area (TPSA) is 131 Å². The first kappa shape index (κ1) is 55.0. The summed E-state index contributed by atoms with van der Waals surface area (Å²) in [7, 11) is -4.43. The summed E-state index contributed by atoms with van der Waals surface area (Å²) in [6, 6.07) is 0. The Hall–Kier alpha value is -2.03. The molecule has 1 amide bonds. The zero-order chi connectivity index (χ0) is 41.8. The normalized spacial score (nSPS) is 13.7. The summed E-state index contributed by atoms with van der Waals surface area (Å²) in [4.78, 5) is 34.0. The molecule has 2 unspecified atom stereocenters. The molecule has 9 nitrogen and oxygen atoms in total. The molecular formula is C47H86NO8P. The molecule has 3 N–H and O–H groups in total. The van der Waals surface area contributed by atoms with Gasteiger partial charge in [0.05, 0.1) is 13.2 Å². The summed E-state index contributed by atoms with van der Waals surface area (Å²) in [6.45, 7) is 3.50. The van der Waals surface area contributed by atoms with Crippen molar-refractivity contribution in [2.24, 2.45) is 0 Å². The molecule has 0 aliphatic rings. The van der Waals surface area contributed by atoms with E-state index in [0.717, 1.165) is 64.2 Å². The second-order valence-corrected chi connectivity index (χ2v) is 16.8. The number of rotatable bonds is 43. The number of aliphatic hydroxyl groups excluding tert-OH is 1. The van der Waals surface area contributed by atoms with Crippen LogP contribution >= 0.6 is 7.82 Å². The highest BCUT2D eigenvalue weighted by molar-refractivity contribution is 7.47. The van der Waals surface area contributed by atoms with Gasteiger partial charge in [0.1, 0.15) is 12.7 Å². The number of hydrogen-bond donors (Lipinski definition) is 3. The lowest BCUT2D eigenvalue weighted by atomic mass is 10.0. The maximum atomic E-state index is 12.1. The standard InChI is InChI=1S/C47H86NO8P/c1-3-5-7-9-11-13-15-17-19-21-22-24-25-27-29-31-33-35-37-39-46(50)48-41-42-55-57(52,53)56-44-45(49)43-54-47(51)40-38-36-34-32-30-28-26-23-20-18-16-14-12-10-8-6-4-2/h11,13,17,19,22,24,27,29,45,49H,3-10,12,14-16,18,20-21,23,25-26,28,30-44H2,1-2H3,(H,48,50)(H,52,53)/b13-11-,19-17-,24-22-,29-27-. The van der Waals surface area contributed by atoms with E-state index in [9.17, 15) is 24.2 Å². The van der Waals surface area contributed by atoms with Gasteiger partial charge < -0.3 is 20.1 Å². The fourth-order valence-electron chi connectivity index (χ4n) is 6.25. The van der Waals surface area contributed by atoms with Gasteiger partial charge in [0, 0.05) is 19.4 Å². The predicted molar refractivity (Wildman–Crippen MR) is 238 cm³/mol. The first-order valence-corrected chi connectivity index (χ1v) is 24.6. The Kier molecular flexibility index (Phi) is 42.0. The minimum absolute atomic E-state index is 0.0640. The van der Waals surface area contributed by atoms with Crippen molar-refractivity contribution in [2.45, 2.75) is 213 Å². The molecule has 332 valence electrons. The third-order valence-electron chi connectivity index (χ3n) is 9.76. The van der Waals surface area contributed by atoms with E-state index in [1.54, 1.807) is 0 Å². The van der Waals surface area contributed by atoms with Crippen LogP contribution < -0.4 is 5.32 Å². The molecule has 0 aromatic rings. The van der Waals surface area contributed by atoms with Crippen LogP contribution in [0.25, 0.3) is 0 Å². The predicted octanol–water partition coefficient (Wildman–Crippen LogP) is 13.1. The van der Waals surface area contributed by atoms with Gasteiger partial charge in [-0.1, -0.05) is 184 Å². The highest BCUT2D eigenvalue weighted by Gasteiger charge is 2.23. The zero-order valence-electron chi connectivity index (χ0n) is 36.5. The van der Waals surface area contributed by atoms with Crippen LogP contribution in [0.1, 0.15) is 206 Å². The third kappa shape index (κ3) is 44.9. The Labute approximate surface area is 349 Å². The van der Waals surface area contributed by atoms with Crippen molar-refractivity contribution < 1.29 is 37.9 Å². The highest BCUT2D eigenvalue weighted by Crippen LogP contribution is 2.42. The number of unbranched alkanes of at least 4 members (excludes halogenated alkanes) is 22. The molecule has 0 aliphatic heterocycles. The van der Waals surface area contributed by atoms with Crippen LogP contribution in [0.2, 0.25) is 0 Å². The Balaban J connectivity index is 3.63. The van der Waals surface area contributed by atoms with Gasteiger partial charge in [-0.3, -0.25) is 18.6 Å². The summed E-state index contributed by atoms with van der Waals surface area (Å²) in [5, 5.41) is 12.7. The lowest BCUT2D eigenvalue weighted by Gasteiger charge is -2.15. The molecule has 0 fully saturated rings. The highest BCUT2D eigenvalue weighted by atomic mass is 31.2. The number of allylic oxidation sites excluding steroid dienone is 8. The van der Waals surface area contributed by atoms with E-state index in [2.05, 4.69) is 67.8 Å². The SMILES string of the molecule is CCCCC/C=C\C/C=C\C/C=C\C/C=C\CCCCCC(=O)NCCOP(=O)(O)OCC(O)COC(=O)CCCCCCCCCCCCCCCCCCC.